The first-order chi connectivity index (χ1) is 14.1. The number of ether oxygens (including phenoxy) is 1. The summed E-state index contributed by atoms with van der Waals surface area (Å²) in [5, 5.41) is 14.1. The van der Waals surface area contributed by atoms with Crippen LogP contribution in [0.3, 0.4) is 0 Å². The van der Waals surface area contributed by atoms with Crippen LogP contribution in [0.2, 0.25) is 0 Å². The largest absolute Gasteiger partial charge is 0.377 e. The number of carbonyl (C=O) groups is 1. The number of carbonyl (C=O) groups excluding carboxylic acids is 1. The Morgan fingerprint density at radius 3 is 3.03 bits per heavy atom. The minimum absolute atomic E-state index is 0.0842. The smallest absolute Gasteiger partial charge is 0.221 e. The zero-order valence-corrected chi connectivity index (χ0v) is 17.2. The van der Waals surface area contributed by atoms with Gasteiger partial charge in [0.1, 0.15) is 12.4 Å². The standard InChI is InChI=1S/C20H29N7O2/c1-4-21-20(22-11-15-6-5-7-16(10-15)23-14(2)28)24-17-8-9-19-25-18(13-29-3)26-27(19)12-17/h5-7,10,17H,4,8-9,11-13H2,1-3H3,(H,23,28)(H2,21,22,24). The molecule has 156 valence electrons. The molecule has 3 rings (SSSR count). The Bertz CT molecular complexity index is 862. The van der Waals surface area contributed by atoms with Gasteiger partial charge in [0.25, 0.3) is 0 Å². The maximum atomic E-state index is 11.2. The van der Waals surface area contributed by atoms with E-state index in [2.05, 4.69) is 26.0 Å². The first-order valence-electron chi connectivity index (χ1n) is 9.90. The number of nitrogens with one attached hydrogen (secondary N) is 3. The summed E-state index contributed by atoms with van der Waals surface area (Å²) in [4.78, 5) is 20.5. The van der Waals surface area contributed by atoms with Crippen LogP contribution in [0.4, 0.5) is 5.69 Å². The van der Waals surface area contributed by atoms with Crippen molar-refractivity contribution >= 4 is 17.6 Å². The highest BCUT2D eigenvalue weighted by atomic mass is 16.5. The molecule has 1 atom stereocenters. The van der Waals surface area contributed by atoms with E-state index in [-0.39, 0.29) is 11.9 Å². The minimum atomic E-state index is -0.0842. The Kier molecular flexibility index (Phi) is 7.18. The van der Waals surface area contributed by atoms with E-state index in [1.54, 1.807) is 7.11 Å². The minimum Gasteiger partial charge on any atom is -0.377 e. The zero-order chi connectivity index (χ0) is 20.6. The quantitative estimate of drug-likeness (QED) is 0.481. The monoisotopic (exact) mass is 399 g/mol. The summed E-state index contributed by atoms with van der Waals surface area (Å²) in [6.45, 7) is 6.01. The number of amides is 1. The van der Waals surface area contributed by atoms with Crippen molar-refractivity contribution < 1.29 is 9.53 Å². The van der Waals surface area contributed by atoms with Crippen LogP contribution in [0.25, 0.3) is 0 Å². The van der Waals surface area contributed by atoms with Crippen LogP contribution in [0.5, 0.6) is 0 Å². The lowest BCUT2D eigenvalue weighted by Gasteiger charge is -2.25. The number of fused-ring (bicyclic) bond motifs is 1. The van der Waals surface area contributed by atoms with E-state index in [0.717, 1.165) is 54.8 Å². The molecular weight excluding hydrogens is 370 g/mol. The Hall–Kier alpha value is -2.94. The van der Waals surface area contributed by atoms with Gasteiger partial charge in [0.05, 0.1) is 13.1 Å². The molecule has 2 aromatic rings. The van der Waals surface area contributed by atoms with Crippen molar-refractivity contribution in [3.8, 4) is 0 Å². The van der Waals surface area contributed by atoms with E-state index >= 15 is 0 Å². The van der Waals surface area contributed by atoms with Crippen molar-refractivity contribution in [3.63, 3.8) is 0 Å². The SMILES string of the molecule is CCNC(=NCc1cccc(NC(C)=O)c1)NC1CCc2nc(COC)nn2C1. The highest BCUT2D eigenvalue weighted by Crippen LogP contribution is 2.14. The van der Waals surface area contributed by atoms with Gasteiger partial charge in [0.15, 0.2) is 11.8 Å². The second-order valence-corrected chi connectivity index (χ2v) is 7.02. The third kappa shape index (κ3) is 6.02. The average Bonchev–Trinajstić information content (AvgIpc) is 3.08. The van der Waals surface area contributed by atoms with Crippen LogP contribution >= 0.6 is 0 Å². The third-order valence-electron chi connectivity index (χ3n) is 4.53. The predicted molar refractivity (Wildman–Crippen MR) is 112 cm³/mol. The first-order valence-corrected chi connectivity index (χ1v) is 9.90. The molecule has 2 heterocycles. The van der Waals surface area contributed by atoms with Crippen molar-refractivity contribution in [3.05, 3.63) is 41.5 Å². The third-order valence-corrected chi connectivity index (χ3v) is 4.53. The van der Waals surface area contributed by atoms with Crippen molar-refractivity contribution in [2.75, 3.05) is 19.0 Å². The molecule has 0 aliphatic carbocycles. The number of rotatable bonds is 7. The lowest BCUT2D eigenvalue weighted by Crippen LogP contribution is -2.47. The summed E-state index contributed by atoms with van der Waals surface area (Å²) in [5.74, 6) is 2.41. The molecule has 1 amide bonds. The van der Waals surface area contributed by atoms with Crippen molar-refractivity contribution in [1.29, 1.82) is 0 Å². The molecular formula is C20H29N7O2. The summed E-state index contributed by atoms with van der Waals surface area (Å²) in [6, 6.07) is 7.95. The predicted octanol–water partition coefficient (Wildman–Crippen LogP) is 1.45. The Morgan fingerprint density at radius 1 is 1.41 bits per heavy atom. The number of hydrogen-bond donors (Lipinski definition) is 3. The molecule has 9 heteroatoms. The fourth-order valence-electron chi connectivity index (χ4n) is 3.30. The van der Waals surface area contributed by atoms with E-state index in [1.165, 1.54) is 6.92 Å². The molecule has 0 spiro atoms. The topological polar surface area (TPSA) is 105 Å². The molecule has 0 saturated heterocycles. The number of hydrogen-bond acceptors (Lipinski definition) is 5. The molecule has 0 saturated carbocycles. The van der Waals surface area contributed by atoms with Gasteiger partial charge in [-0.2, -0.15) is 5.10 Å². The normalized spacial score (nSPS) is 16.2. The molecule has 3 N–H and O–H groups in total. The van der Waals surface area contributed by atoms with Crippen LogP contribution < -0.4 is 16.0 Å². The number of aliphatic imine (C=N–C) groups is 1. The Labute approximate surface area is 171 Å². The Balaban J connectivity index is 1.63. The fraction of sp³-hybridized carbons (Fsp3) is 0.500. The highest BCUT2D eigenvalue weighted by Gasteiger charge is 2.22. The summed E-state index contributed by atoms with van der Waals surface area (Å²) in [6.07, 6.45) is 1.83. The van der Waals surface area contributed by atoms with Gasteiger partial charge in [-0.15, -0.1) is 0 Å². The number of guanidine groups is 1. The molecule has 0 bridgehead atoms. The number of benzene rings is 1. The maximum absolute atomic E-state index is 11.2. The molecule has 0 radical (unpaired) electrons. The molecule has 29 heavy (non-hydrogen) atoms. The molecule has 9 nitrogen and oxygen atoms in total. The van der Waals surface area contributed by atoms with Crippen LogP contribution in [-0.4, -0.2) is 46.3 Å². The molecule has 0 fully saturated rings. The number of aromatic nitrogens is 3. The summed E-state index contributed by atoms with van der Waals surface area (Å²) >= 11 is 0. The summed E-state index contributed by atoms with van der Waals surface area (Å²) in [5.41, 5.74) is 1.81. The van der Waals surface area contributed by atoms with Gasteiger partial charge in [-0.3, -0.25) is 4.79 Å². The van der Waals surface area contributed by atoms with Crippen molar-refractivity contribution in [2.24, 2.45) is 4.99 Å². The number of methoxy groups -OCH3 is 1. The van der Waals surface area contributed by atoms with Gasteiger partial charge in [0, 0.05) is 38.7 Å². The lowest BCUT2D eigenvalue weighted by atomic mass is 10.1. The van der Waals surface area contributed by atoms with Gasteiger partial charge < -0.3 is 20.7 Å². The second-order valence-electron chi connectivity index (χ2n) is 7.02. The lowest BCUT2D eigenvalue weighted by molar-refractivity contribution is -0.114. The number of anilines is 1. The van der Waals surface area contributed by atoms with Crippen LogP contribution in [0.1, 0.15) is 37.5 Å². The van der Waals surface area contributed by atoms with E-state index in [4.69, 9.17) is 9.73 Å². The molecule has 1 aliphatic rings. The van der Waals surface area contributed by atoms with E-state index in [1.807, 2.05) is 35.9 Å². The molecule has 1 aromatic carbocycles. The van der Waals surface area contributed by atoms with E-state index in [9.17, 15) is 4.79 Å². The zero-order valence-electron chi connectivity index (χ0n) is 17.2. The van der Waals surface area contributed by atoms with Crippen molar-refractivity contribution in [2.45, 2.75) is 52.4 Å². The van der Waals surface area contributed by atoms with Crippen LogP contribution in [-0.2, 0) is 35.6 Å². The average molecular weight is 399 g/mol. The van der Waals surface area contributed by atoms with Gasteiger partial charge in [-0.25, -0.2) is 14.7 Å². The number of aryl methyl sites for hydroxylation is 1. The number of nitrogens with zero attached hydrogens (tertiary/aromatic N) is 4. The van der Waals surface area contributed by atoms with Crippen LogP contribution in [0, 0.1) is 0 Å². The molecule has 1 unspecified atom stereocenters. The van der Waals surface area contributed by atoms with Crippen LogP contribution in [0.15, 0.2) is 29.3 Å². The van der Waals surface area contributed by atoms with Gasteiger partial charge in [0.2, 0.25) is 5.91 Å². The van der Waals surface area contributed by atoms with E-state index in [0.29, 0.717) is 13.2 Å². The van der Waals surface area contributed by atoms with Crippen molar-refractivity contribution in [1.82, 2.24) is 25.4 Å². The molecule has 1 aliphatic heterocycles. The van der Waals surface area contributed by atoms with E-state index < -0.39 is 0 Å². The summed E-state index contributed by atoms with van der Waals surface area (Å²) < 4.78 is 7.08. The van der Waals surface area contributed by atoms with Gasteiger partial charge in [-0.1, -0.05) is 12.1 Å². The first kappa shape index (κ1) is 20.8. The summed E-state index contributed by atoms with van der Waals surface area (Å²) in [7, 11) is 1.65. The fourth-order valence-corrected chi connectivity index (χ4v) is 3.30. The maximum Gasteiger partial charge on any atom is 0.221 e. The second kappa shape index (κ2) is 10.0. The molecule has 1 aromatic heterocycles. The highest BCUT2D eigenvalue weighted by molar-refractivity contribution is 5.88. The van der Waals surface area contributed by atoms with Gasteiger partial charge in [-0.05, 0) is 31.0 Å². The Morgan fingerprint density at radius 2 is 2.28 bits per heavy atom. The van der Waals surface area contributed by atoms with Gasteiger partial charge >= 0.3 is 0 Å².